The molecule has 4 nitrogen and oxygen atoms in total. The lowest BCUT2D eigenvalue weighted by Gasteiger charge is -2.41. The molecular weight excluding hydrogens is 224 g/mol. The predicted molar refractivity (Wildman–Crippen MR) is 73.5 cm³/mol. The highest BCUT2D eigenvalue weighted by atomic mass is 15.3. The number of piperazine rings is 1. The Hall–Kier alpha value is -1.57. The molecule has 0 radical (unpaired) electrons. The van der Waals surface area contributed by atoms with Gasteiger partial charge >= 0.3 is 0 Å². The van der Waals surface area contributed by atoms with Crippen LogP contribution in [0.5, 0.6) is 0 Å². The molecule has 1 aliphatic heterocycles. The molecular formula is C14H20N4. The van der Waals surface area contributed by atoms with Gasteiger partial charge < -0.3 is 15.5 Å². The second-order valence-corrected chi connectivity index (χ2v) is 4.85. The Morgan fingerprint density at radius 1 is 1.33 bits per heavy atom. The fourth-order valence-corrected chi connectivity index (χ4v) is 2.52. The van der Waals surface area contributed by atoms with Gasteiger partial charge in [-0.15, -0.1) is 0 Å². The average molecular weight is 244 g/mol. The molecule has 0 aliphatic carbocycles. The van der Waals surface area contributed by atoms with E-state index in [4.69, 9.17) is 11.0 Å². The van der Waals surface area contributed by atoms with Crippen LogP contribution in [0.2, 0.25) is 0 Å². The van der Waals surface area contributed by atoms with E-state index in [0.29, 0.717) is 18.2 Å². The average Bonchev–Trinajstić information content (AvgIpc) is 2.40. The maximum absolute atomic E-state index is 8.82. The fraction of sp³-hybridized carbons (Fsp3) is 0.500. The zero-order chi connectivity index (χ0) is 13.0. The molecule has 1 atom stereocenters. The Balaban J connectivity index is 2.15. The lowest BCUT2D eigenvalue weighted by Crippen LogP contribution is -2.52. The van der Waals surface area contributed by atoms with E-state index in [0.717, 1.165) is 26.1 Å². The first-order valence-corrected chi connectivity index (χ1v) is 6.40. The van der Waals surface area contributed by atoms with Crippen molar-refractivity contribution < 1.29 is 0 Å². The van der Waals surface area contributed by atoms with E-state index < -0.39 is 0 Å². The van der Waals surface area contributed by atoms with E-state index >= 15 is 0 Å². The molecule has 0 saturated carbocycles. The van der Waals surface area contributed by atoms with Crippen LogP contribution in [0.1, 0.15) is 12.0 Å². The summed E-state index contributed by atoms with van der Waals surface area (Å²) in [5.74, 6) is 0. The summed E-state index contributed by atoms with van der Waals surface area (Å²) in [6, 6.07) is 10.5. The summed E-state index contributed by atoms with van der Waals surface area (Å²) in [6.07, 6.45) is 1.00. The molecule has 1 aromatic carbocycles. The summed E-state index contributed by atoms with van der Waals surface area (Å²) in [5.41, 5.74) is 7.61. The van der Waals surface area contributed by atoms with Crippen molar-refractivity contribution in [3.05, 3.63) is 29.8 Å². The van der Waals surface area contributed by atoms with E-state index in [9.17, 15) is 0 Å². The fourth-order valence-electron chi connectivity index (χ4n) is 2.52. The van der Waals surface area contributed by atoms with Crippen LogP contribution in [0.4, 0.5) is 5.69 Å². The summed E-state index contributed by atoms with van der Waals surface area (Å²) in [6.45, 7) is 3.86. The van der Waals surface area contributed by atoms with Gasteiger partial charge in [0.2, 0.25) is 0 Å². The smallest absolute Gasteiger partial charge is 0.0991 e. The minimum atomic E-state index is 0.474. The molecule has 1 aliphatic rings. The largest absolute Gasteiger partial charge is 0.366 e. The van der Waals surface area contributed by atoms with E-state index in [1.165, 1.54) is 5.69 Å². The molecule has 1 fully saturated rings. The Bertz CT molecular complexity index is 420. The SMILES string of the molecule is CN1CCN(c2ccc(C#N)cc2)C(CCN)C1. The summed E-state index contributed by atoms with van der Waals surface area (Å²) in [7, 11) is 2.15. The number of nitriles is 1. The van der Waals surface area contributed by atoms with E-state index in [2.05, 4.69) is 22.9 Å². The van der Waals surface area contributed by atoms with Crippen molar-refractivity contribution >= 4 is 5.69 Å². The van der Waals surface area contributed by atoms with Crippen molar-refractivity contribution in [2.45, 2.75) is 12.5 Å². The highest BCUT2D eigenvalue weighted by Gasteiger charge is 2.24. The second kappa shape index (κ2) is 5.85. The van der Waals surface area contributed by atoms with Crippen LogP contribution < -0.4 is 10.6 Å². The van der Waals surface area contributed by atoms with E-state index in [-0.39, 0.29) is 0 Å². The third kappa shape index (κ3) is 2.81. The van der Waals surface area contributed by atoms with Crippen molar-refractivity contribution in [3.63, 3.8) is 0 Å². The van der Waals surface area contributed by atoms with Crippen LogP contribution in [0.15, 0.2) is 24.3 Å². The molecule has 2 rings (SSSR count). The third-order valence-corrected chi connectivity index (χ3v) is 3.51. The molecule has 1 unspecified atom stereocenters. The topological polar surface area (TPSA) is 56.3 Å². The lowest BCUT2D eigenvalue weighted by atomic mass is 10.1. The zero-order valence-electron chi connectivity index (χ0n) is 10.8. The van der Waals surface area contributed by atoms with Gasteiger partial charge in [0, 0.05) is 31.4 Å². The zero-order valence-corrected chi connectivity index (χ0v) is 10.8. The number of hydrogen-bond donors (Lipinski definition) is 1. The summed E-state index contributed by atoms with van der Waals surface area (Å²) in [4.78, 5) is 4.76. The van der Waals surface area contributed by atoms with Crippen molar-refractivity contribution in [3.8, 4) is 6.07 Å². The number of benzene rings is 1. The van der Waals surface area contributed by atoms with E-state index in [1.54, 1.807) is 0 Å². The monoisotopic (exact) mass is 244 g/mol. The van der Waals surface area contributed by atoms with Crippen LogP contribution in [0, 0.1) is 11.3 Å². The van der Waals surface area contributed by atoms with E-state index in [1.807, 2.05) is 24.3 Å². The molecule has 0 bridgehead atoms. The Morgan fingerprint density at radius 2 is 2.06 bits per heavy atom. The Labute approximate surface area is 109 Å². The van der Waals surface area contributed by atoms with Gasteiger partial charge in [0.1, 0.15) is 0 Å². The molecule has 1 saturated heterocycles. The number of nitrogens with zero attached hydrogens (tertiary/aromatic N) is 3. The first kappa shape index (κ1) is 12.9. The minimum absolute atomic E-state index is 0.474. The summed E-state index contributed by atoms with van der Waals surface area (Å²) >= 11 is 0. The predicted octanol–water partition coefficient (Wildman–Crippen LogP) is 1.03. The molecule has 2 N–H and O–H groups in total. The van der Waals surface area contributed by atoms with Gasteiger partial charge in [0.25, 0.3) is 0 Å². The second-order valence-electron chi connectivity index (χ2n) is 4.85. The van der Waals surface area contributed by atoms with Gasteiger partial charge in [-0.05, 0) is 44.3 Å². The highest BCUT2D eigenvalue weighted by molar-refractivity contribution is 5.51. The molecule has 1 aromatic rings. The van der Waals surface area contributed by atoms with Crippen LogP contribution in [0.3, 0.4) is 0 Å². The van der Waals surface area contributed by atoms with Gasteiger partial charge in [0.05, 0.1) is 11.6 Å². The molecule has 4 heteroatoms. The lowest BCUT2D eigenvalue weighted by molar-refractivity contribution is 0.262. The van der Waals surface area contributed by atoms with Gasteiger partial charge in [0.15, 0.2) is 0 Å². The molecule has 18 heavy (non-hydrogen) atoms. The Morgan fingerprint density at radius 3 is 2.67 bits per heavy atom. The van der Waals surface area contributed by atoms with Crippen molar-refractivity contribution in [1.82, 2.24) is 4.90 Å². The molecule has 1 heterocycles. The van der Waals surface area contributed by atoms with Crippen molar-refractivity contribution in [1.29, 1.82) is 5.26 Å². The number of hydrogen-bond acceptors (Lipinski definition) is 4. The maximum Gasteiger partial charge on any atom is 0.0991 e. The summed E-state index contributed by atoms with van der Waals surface area (Å²) < 4.78 is 0. The number of rotatable bonds is 3. The van der Waals surface area contributed by atoms with Gasteiger partial charge in [-0.1, -0.05) is 0 Å². The normalized spacial score (nSPS) is 20.7. The number of nitrogens with two attached hydrogens (primary N) is 1. The van der Waals surface area contributed by atoms with Gasteiger partial charge in [-0.3, -0.25) is 0 Å². The minimum Gasteiger partial charge on any atom is -0.366 e. The number of likely N-dealkylation sites (N-methyl/N-ethyl adjacent to an activating group) is 1. The standard InChI is InChI=1S/C14H20N4/c1-17-8-9-18(14(11-17)6-7-15)13-4-2-12(10-16)3-5-13/h2-5,14H,6-9,11,15H2,1H3. The van der Waals surface area contributed by atoms with Crippen molar-refractivity contribution in [2.75, 3.05) is 38.1 Å². The molecule has 96 valence electrons. The Kier molecular flexibility index (Phi) is 4.19. The number of anilines is 1. The first-order valence-electron chi connectivity index (χ1n) is 6.40. The molecule has 0 amide bonds. The maximum atomic E-state index is 8.82. The van der Waals surface area contributed by atoms with Crippen LogP contribution >= 0.6 is 0 Å². The summed E-state index contributed by atoms with van der Waals surface area (Å²) in [5, 5.41) is 8.82. The van der Waals surface area contributed by atoms with Crippen LogP contribution in [-0.4, -0.2) is 44.2 Å². The van der Waals surface area contributed by atoms with Crippen LogP contribution in [0.25, 0.3) is 0 Å². The van der Waals surface area contributed by atoms with Crippen molar-refractivity contribution in [2.24, 2.45) is 5.73 Å². The highest BCUT2D eigenvalue weighted by Crippen LogP contribution is 2.22. The van der Waals surface area contributed by atoms with Crippen LogP contribution in [-0.2, 0) is 0 Å². The quantitative estimate of drug-likeness (QED) is 0.862. The first-order chi connectivity index (χ1) is 8.74. The van der Waals surface area contributed by atoms with Gasteiger partial charge in [-0.2, -0.15) is 5.26 Å². The van der Waals surface area contributed by atoms with Gasteiger partial charge in [-0.25, -0.2) is 0 Å². The molecule has 0 spiro atoms. The molecule has 0 aromatic heterocycles. The third-order valence-electron chi connectivity index (χ3n) is 3.51.